The fraction of sp³-hybridized carbons (Fsp3) is 0.0435. The summed E-state index contributed by atoms with van der Waals surface area (Å²) in [4.78, 5) is 39.9. The Morgan fingerprint density at radius 2 is 1.85 bits per heavy atom. The molecule has 2 aromatic carbocycles. The second kappa shape index (κ2) is 8.60. The fourth-order valence-corrected chi connectivity index (χ4v) is 3.90. The minimum atomic E-state index is -0.290. The number of ether oxygens (including phenoxy) is 1. The molecule has 5 rings (SSSR count). The Bertz CT molecular complexity index is 1490. The Morgan fingerprint density at radius 1 is 1.00 bits per heavy atom. The van der Waals surface area contributed by atoms with Crippen LogP contribution in [0.5, 0.6) is 5.75 Å². The number of aromatic amines is 2. The number of H-pyrrole nitrogens is 2. The maximum absolute atomic E-state index is 12.3. The summed E-state index contributed by atoms with van der Waals surface area (Å²) in [5, 5.41) is 7.69. The first kappa shape index (κ1) is 20.5. The maximum atomic E-state index is 12.3. The summed E-state index contributed by atoms with van der Waals surface area (Å²) in [5.74, 6) is 1.17. The Kier molecular flexibility index (Phi) is 5.33. The summed E-state index contributed by atoms with van der Waals surface area (Å²) in [5.41, 5.74) is 3.06. The Hall–Kier alpha value is -4.44. The number of rotatable bonds is 6. The molecule has 0 radical (unpaired) electrons. The normalized spacial score (nSPS) is 10.8. The monoisotopic (exact) mass is 458 g/mol. The smallest absolute Gasteiger partial charge is 0.268 e. The van der Waals surface area contributed by atoms with Crippen LogP contribution in [0.15, 0.2) is 70.8 Å². The number of methoxy groups -OCH3 is 1. The number of amides is 1. The Morgan fingerprint density at radius 3 is 2.61 bits per heavy atom. The summed E-state index contributed by atoms with van der Waals surface area (Å²) >= 11 is 1.36. The number of nitrogens with one attached hydrogen (secondary N) is 4. The lowest BCUT2D eigenvalue weighted by Crippen LogP contribution is -2.11. The van der Waals surface area contributed by atoms with Crippen LogP contribution in [0.2, 0.25) is 0 Å². The van der Waals surface area contributed by atoms with Crippen LogP contribution in [0.25, 0.3) is 22.3 Å². The van der Waals surface area contributed by atoms with Gasteiger partial charge in [0.15, 0.2) is 0 Å². The van der Waals surface area contributed by atoms with Crippen molar-refractivity contribution < 1.29 is 9.53 Å². The highest BCUT2D eigenvalue weighted by molar-refractivity contribution is 7.12. The molecule has 3 heterocycles. The number of anilines is 3. The van der Waals surface area contributed by atoms with E-state index in [2.05, 4.69) is 30.6 Å². The fourth-order valence-electron chi connectivity index (χ4n) is 3.28. The van der Waals surface area contributed by atoms with Gasteiger partial charge >= 0.3 is 0 Å². The number of aromatic nitrogens is 4. The van der Waals surface area contributed by atoms with Gasteiger partial charge in [0.2, 0.25) is 11.9 Å². The van der Waals surface area contributed by atoms with E-state index >= 15 is 0 Å². The standard InChI is InChI=1S/C23H18N6O3S/c1-32-15-7-5-14(6-8-15)24-22-26-17(12-20(30)28-22)13-4-9-16-18(11-13)27-23(25-16)29-21(31)19-3-2-10-33-19/h2-12H,1H3,(H2,24,26,28,30)(H2,25,27,29,31). The highest BCUT2D eigenvalue weighted by atomic mass is 32.1. The molecule has 0 saturated heterocycles. The first-order valence-corrected chi connectivity index (χ1v) is 10.8. The van der Waals surface area contributed by atoms with E-state index in [1.54, 1.807) is 13.2 Å². The summed E-state index contributed by atoms with van der Waals surface area (Å²) in [6.07, 6.45) is 0. The number of fused-ring (bicyclic) bond motifs is 1. The van der Waals surface area contributed by atoms with Crippen LogP contribution in [0.1, 0.15) is 9.67 Å². The van der Waals surface area contributed by atoms with Crippen molar-refractivity contribution in [2.24, 2.45) is 0 Å². The van der Waals surface area contributed by atoms with Gasteiger partial charge in [-0.2, -0.15) is 0 Å². The minimum absolute atomic E-state index is 0.227. The van der Waals surface area contributed by atoms with Gasteiger partial charge in [-0.1, -0.05) is 12.1 Å². The molecule has 0 fully saturated rings. The van der Waals surface area contributed by atoms with Crippen molar-refractivity contribution in [1.29, 1.82) is 0 Å². The largest absolute Gasteiger partial charge is 0.497 e. The lowest BCUT2D eigenvalue weighted by atomic mass is 10.1. The van der Waals surface area contributed by atoms with E-state index in [4.69, 9.17) is 4.74 Å². The topological polar surface area (TPSA) is 125 Å². The zero-order chi connectivity index (χ0) is 22.8. The van der Waals surface area contributed by atoms with E-state index in [9.17, 15) is 9.59 Å². The number of imidazole rings is 1. The number of thiophene rings is 1. The second-order valence-corrected chi connectivity index (χ2v) is 8.03. The predicted octanol–water partition coefficient (Wildman–Crippen LogP) is 4.38. The number of benzene rings is 2. The number of carbonyl (C=O) groups is 1. The zero-order valence-corrected chi connectivity index (χ0v) is 18.2. The average Bonchev–Trinajstić information content (AvgIpc) is 3.48. The molecule has 0 bridgehead atoms. The van der Waals surface area contributed by atoms with Crippen LogP contribution >= 0.6 is 11.3 Å². The number of hydrogen-bond acceptors (Lipinski definition) is 7. The van der Waals surface area contributed by atoms with Crippen molar-refractivity contribution >= 4 is 45.9 Å². The highest BCUT2D eigenvalue weighted by Gasteiger charge is 2.12. The van der Waals surface area contributed by atoms with Gasteiger partial charge in [-0.05, 0) is 47.8 Å². The van der Waals surface area contributed by atoms with Gasteiger partial charge in [0.1, 0.15) is 5.75 Å². The van der Waals surface area contributed by atoms with Gasteiger partial charge in [-0.15, -0.1) is 11.3 Å². The first-order chi connectivity index (χ1) is 16.1. The molecule has 0 saturated carbocycles. The minimum Gasteiger partial charge on any atom is -0.497 e. The molecule has 1 amide bonds. The van der Waals surface area contributed by atoms with E-state index in [1.807, 2.05) is 53.9 Å². The van der Waals surface area contributed by atoms with Crippen LogP contribution < -0.4 is 20.9 Å². The maximum Gasteiger partial charge on any atom is 0.268 e. The highest BCUT2D eigenvalue weighted by Crippen LogP contribution is 2.24. The third-order valence-electron chi connectivity index (χ3n) is 4.85. The van der Waals surface area contributed by atoms with Gasteiger partial charge in [0.05, 0.1) is 28.7 Å². The third kappa shape index (κ3) is 4.46. The van der Waals surface area contributed by atoms with E-state index < -0.39 is 0 Å². The molecule has 5 aromatic rings. The molecular weight excluding hydrogens is 440 g/mol. The van der Waals surface area contributed by atoms with Crippen molar-refractivity contribution in [2.75, 3.05) is 17.7 Å². The molecule has 0 spiro atoms. The lowest BCUT2D eigenvalue weighted by molar-refractivity contribution is 0.103. The van der Waals surface area contributed by atoms with Crippen LogP contribution in [-0.4, -0.2) is 33.0 Å². The number of nitrogens with zero attached hydrogens (tertiary/aromatic N) is 2. The number of hydrogen-bond donors (Lipinski definition) is 4. The molecule has 0 aliphatic rings. The molecule has 33 heavy (non-hydrogen) atoms. The van der Waals surface area contributed by atoms with E-state index in [0.717, 1.165) is 17.0 Å². The van der Waals surface area contributed by atoms with E-state index in [1.165, 1.54) is 17.4 Å². The molecule has 4 N–H and O–H groups in total. The van der Waals surface area contributed by atoms with Gasteiger partial charge < -0.3 is 15.0 Å². The first-order valence-electron chi connectivity index (χ1n) is 9.95. The molecule has 0 aliphatic heterocycles. The SMILES string of the molecule is COc1ccc(Nc2nc(-c3ccc4[nH]c(NC(=O)c5cccs5)nc4c3)cc(=O)[nH]2)cc1. The van der Waals surface area contributed by atoms with Crippen molar-refractivity contribution in [3.63, 3.8) is 0 Å². The van der Waals surface area contributed by atoms with Crippen LogP contribution in [-0.2, 0) is 0 Å². The van der Waals surface area contributed by atoms with E-state index in [-0.39, 0.29) is 11.5 Å². The summed E-state index contributed by atoms with van der Waals surface area (Å²) < 4.78 is 5.16. The van der Waals surface area contributed by atoms with Crippen molar-refractivity contribution in [3.8, 4) is 17.0 Å². The molecule has 10 heteroatoms. The molecule has 9 nitrogen and oxygen atoms in total. The van der Waals surface area contributed by atoms with Crippen molar-refractivity contribution in [3.05, 3.63) is 81.3 Å². The summed E-state index contributed by atoms with van der Waals surface area (Å²) in [7, 11) is 1.60. The van der Waals surface area contributed by atoms with E-state index in [0.29, 0.717) is 33.5 Å². The van der Waals surface area contributed by atoms with Crippen LogP contribution in [0.4, 0.5) is 17.6 Å². The van der Waals surface area contributed by atoms with Crippen molar-refractivity contribution in [2.45, 2.75) is 0 Å². The second-order valence-electron chi connectivity index (χ2n) is 7.08. The van der Waals surface area contributed by atoms with Crippen LogP contribution in [0.3, 0.4) is 0 Å². The average molecular weight is 459 g/mol. The van der Waals surface area contributed by atoms with Gasteiger partial charge in [-0.3, -0.25) is 19.9 Å². The number of carbonyl (C=O) groups excluding carboxylic acids is 1. The lowest BCUT2D eigenvalue weighted by Gasteiger charge is -2.08. The summed E-state index contributed by atoms with van der Waals surface area (Å²) in [6.45, 7) is 0. The van der Waals surface area contributed by atoms with Crippen molar-refractivity contribution in [1.82, 2.24) is 19.9 Å². The molecular formula is C23H18N6O3S. The molecule has 0 atom stereocenters. The third-order valence-corrected chi connectivity index (χ3v) is 5.72. The predicted molar refractivity (Wildman–Crippen MR) is 128 cm³/mol. The molecule has 164 valence electrons. The Labute approximate surface area is 191 Å². The van der Waals surface area contributed by atoms with Gasteiger partial charge in [0.25, 0.3) is 11.5 Å². The van der Waals surface area contributed by atoms with Gasteiger partial charge in [-0.25, -0.2) is 9.97 Å². The Balaban J connectivity index is 1.41. The molecule has 0 unspecified atom stereocenters. The molecule has 0 aliphatic carbocycles. The summed E-state index contributed by atoms with van der Waals surface area (Å²) in [6, 6.07) is 17.7. The quantitative estimate of drug-likeness (QED) is 0.299. The molecule has 3 aromatic heterocycles. The van der Waals surface area contributed by atoms with Gasteiger partial charge in [0, 0.05) is 17.3 Å². The van der Waals surface area contributed by atoms with Crippen LogP contribution in [0, 0.1) is 0 Å². The zero-order valence-electron chi connectivity index (χ0n) is 17.4.